The highest BCUT2D eigenvalue weighted by molar-refractivity contribution is 5.90. The molecule has 96 valence electrons. The normalized spacial score (nSPS) is 18.9. The number of fused-ring (bicyclic) bond motifs is 1. The molecule has 0 saturated carbocycles. The van der Waals surface area contributed by atoms with Gasteiger partial charge in [0.15, 0.2) is 5.78 Å². The molecule has 0 aliphatic carbocycles. The molecule has 3 rings (SSSR count). The van der Waals surface area contributed by atoms with Crippen LogP contribution in [0, 0.1) is 0 Å². The second-order valence-corrected chi connectivity index (χ2v) is 4.82. The predicted molar refractivity (Wildman–Crippen MR) is 76.6 cm³/mol. The van der Waals surface area contributed by atoms with E-state index in [0.717, 1.165) is 16.9 Å². The first-order valence-electron chi connectivity index (χ1n) is 6.44. The van der Waals surface area contributed by atoms with Crippen molar-refractivity contribution < 1.29 is 4.79 Å². The standard InChI is InChI=1S/C16H16N2O/c17-14-11-18(13-7-2-1-3-8-13)15-9-5-4-6-12(15)10-16(14)19/h1-9,14H,10-11,17H2/t14-/m0/s1. The average molecular weight is 252 g/mol. The zero-order chi connectivity index (χ0) is 13.2. The number of hydrogen-bond acceptors (Lipinski definition) is 3. The lowest BCUT2D eigenvalue weighted by molar-refractivity contribution is -0.119. The summed E-state index contributed by atoms with van der Waals surface area (Å²) in [5.41, 5.74) is 9.19. The quantitative estimate of drug-likeness (QED) is 0.847. The highest BCUT2D eigenvalue weighted by atomic mass is 16.1. The molecule has 3 nitrogen and oxygen atoms in total. The van der Waals surface area contributed by atoms with Crippen LogP contribution in [0.15, 0.2) is 54.6 Å². The van der Waals surface area contributed by atoms with Crippen LogP contribution in [0.5, 0.6) is 0 Å². The highest BCUT2D eigenvalue weighted by Crippen LogP contribution is 2.31. The Morgan fingerprint density at radius 1 is 1.00 bits per heavy atom. The molecule has 1 atom stereocenters. The summed E-state index contributed by atoms with van der Waals surface area (Å²) in [7, 11) is 0. The molecule has 1 aliphatic heterocycles. The first-order valence-corrected chi connectivity index (χ1v) is 6.44. The molecule has 1 aliphatic rings. The van der Waals surface area contributed by atoms with Gasteiger partial charge in [0.25, 0.3) is 0 Å². The molecule has 2 N–H and O–H groups in total. The zero-order valence-electron chi connectivity index (χ0n) is 10.6. The number of nitrogens with two attached hydrogens (primary N) is 1. The molecule has 0 aromatic heterocycles. The number of carbonyl (C=O) groups is 1. The summed E-state index contributed by atoms with van der Waals surface area (Å²) < 4.78 is 0. The van der Waals surface area contributed by atoms with Gasteiger partial charge in [0, 0.05) is 24.3 Å². The van der Waals surface area contributed by atoms with Crippen molar-refractivity contribution in [1.29, 1.82) is 0 Å². The van der Waals surface area contributed by atoms with Gasteiger partial charge in [0.2, 0.25) is 0 Å². The van der Waals surface area contributed by atoms with Crippen LogP contribution in [0.3, 0.4) is 0 Å². The first kappa shape index (κ1) is 11.9. The zero-order valence-corrected chi connectivity index (χ0v) is 10.6. The molecular formula is C16H16N2O. The Balaban J connectivity index is 2.10. The lowest BCUT2D eigenvalue weighted by atomic mass is 10.1. The van der Waals surface area contributed by atoms with Crippen molar-refractivity contribution in [3.63, 3.8) is 0 Å². The summed E-state index contributed by atoms with van der Waals surface area (Å²) in [6.45, 7) is 0.528. The Morgan fingerprint density at radius 2 is 1.68 bits per heavy atom. The largest absolute Gasteiger partial charge is 0.339 e. The highest BCUT2D eigenvalue weighted by Gasteiger charge is 2.25. The van der Waals surface area contributed by atoms with Crippen molar-refractivity contribution in [2.75, 3.05) is 11.4 Å². The third kappa shape index (κ3) is 2.25. The summed E-state index contributed by atoms with van der Waals surface area (Å²) in [5.74, 6) is 0.103. The number of Topliss-reactive ketones (excluding diaryl/α,β-unsaturated/α-hetero) is 1. The number of hydrogen-bond donors (Lipinski definition) is 1. The van der Waals surface area contributed by atoms with Gasteiger partial charge in [-0.05, 0) is 23.8 Å². The van der Waals surface area contributed by atoms with Gasteiger partial charge in [-0.25, -0.2) is 0 Å². The molecule has 0 saturated heterocycles. The summed E-state index contributed by atoms with van der Waals surface area (Å²) >= 11 is 0. The van der Waals surface area contributed by atoms with E-state index in [4.69, 9.17) is 5.73 Å². The number of benzene rings is 2. The minimum absolute atomic E-state index is 0.103. The fourth-order valence-electron chi connectivity index (χ4n) is 2.49. The third-order valence-corrected chi connectivity index (χ3v) is 3.51. The van der Waals surface area contributed by atoms with Crippen LogP contribution in [-0.2, 0) is 11.2 Å². The van der Waals surface area contributed by atoms with E-state index in [1.807, 2.05) is 54.6 Å². The van der Waals surface area contributed by atoms with E-state index in [1.165, 1.54) is 0 Å². The van der Waals surface area contributed by atoms with Crippen molar-refractivity contribution >= 4 is 17.2 Å². The molecule has 0 amide bonds. The van der Waals surface area contributed by atoms with Crippen molar-refractivity contribution in [3.05, 3.63) is 60.2 Å². The number of ketones is 1. The van der Waals surface area contributed by atoms with Crippen LogP contribution in [-0.4, -0.2) is 18.4 Å². The third-order valence-electron chi connectivity index (χ3n) is 3.51. The first-order chi connectivity index (χ1) is 9.25. The van der Waals surface area contributed by atoms with E-state index in [2.05, 4.69) is 4.90 Å². The van der Waals surface area contributed by atoms with Gasteiger partial charge in [-0.1, -0.05) is 36.4 Å². The number of carbonyl (C=O) groups excluding carboxylic acids is 1. The second kappa shape index (κ2) is 4.86. The van der Waals surface area contributed by atoms with E-state index in [9.17, 15) is 4.79 Å². The van der Waals surface area contributed by atoms with E-state index >= 15 is 0 Å². The van der Waals surface area contributed by atoms with E-state index < -0.39 is 6.04 Å². The van der Waals surface area contributed by atoms with Gasteiger partial charge in [0.1, 0.15) is 0 Å². The summed E-state index contributed by atoms with van der Waals surface area (Å²) in [6, 6.07) is 17.6. The van der Waals surface area contributed by atoms with Crippen molar-refractivity contribution in [2.45, 2.75) is 12.5 Å². The molecule has 1 heterocycles. The van der Waals surface area contributed by atoms with Gasteiger partial charge in [0.05, 0.1) is 6.04 Å². The van der Waals surface area contributed by atoms with Crippen molar-refractivity contribution in [1.82, 2.24) is 0 Å². The van der Waals surface area contributed by atoms with E-state index in [1.54, 1.807) is 0 Å². The van der Waals surface area contributed by atoms with Crippen molar-refractivity contribution in [2.24, 2.45) is 5.73 Å². The smallest absolute Gasteiger partial charge is 0.155 e. The van der Waals surface area contributed by atoms with Crippen LogP contribution < -0.4 is 10.6 Å². The molecule has 0 fully saturated rings. The van der Waals surface area contributed by atoms with Gasteiger partial charge in [-0.3, -0.25) is 4.79 Å². The van der Waals surface area contributed by atoms with E-state index in [-0.39, 0.29) is 5.78 Å². The van der Waals surface area contributed by atoms with Crippen LogP contribution in [0.1, 0.15) is 5.56 Å². The van der Waals surface area contributed by atoms with Gasteiger partial charge >= 0.3 is 0 Å². The van der Waals surface area contributed by atoms with Crippen LogP contribution in [0.4, 0.5) is 11.4 Å². The Hall–Kier alpha value is -2.13. The molecule has 19 heavy (non-hydrogen) atoms. The van der Waals surface area contributed by atoms with Gasteiger partial charge in [-0.2, -0.15) is 0 Å². The maximum atomic E-state index is 12.0. The minimum atomic E-state index is -0.437. The SMILES string of the molecule is N[C@H]1CN(c2ccccc2)c2ccccc2CC1=O. The van der Waals surface area contributed by atoms with Crippen LogP contribution in [0.25, 0.3) is 0 Å². The Morgan fingerprint density at radius 3 is 2.47 bits per heavy atom. The monoisotopic (exact) mass is 252 g/mol. The molecule has 0 unspecified atom stereocenters. The number of rotatable bonds is 1. The molecule has 2 aromatic rings. The lowest BCUT2D eigenvalue weighted by Crippen LogP contribution is -2.39. The van der Waals surface area contributed by atoms with Gasteiger partial charge in [-0.15, -0.1) is 0 Å². The van der Waals surface area contributed by atoms with Crippen LogP contribution in [0.2, 0.25) is 0 Å². The number of para-hydroxylation sites is 2. The maximum Gasteiger partial charge on any atom is 0.155 e. The minimum Gasteiger partial charge on any atom is -0.339 e. The number of anilines is 2. The molecular weight excluding hydrogens is 236 g/mol. The van der Waals surface area contributed by atoms with E-state index in [0.29, 0.717) is 13.0 Å². The number of nitrogens with zero attached hydrogens (tertiary/aromatic N) is 1. The van der Waals surface area contributed by atoms with Crippen molar-refractivity contribution in [3.8, 4) is 0 Å². The maximum absolute atomic E-state index is 12.0. The molecule has 2 aromatic carbocycles. The summed E-state index contributed by atoms with van der Waals surface area (Å²) in [6.07, 6.45) is 0.417. The summed E-state index contributed by atoms with van der Waals surface area (Å²) in [5, 5.41) is 0. The molecule has 3 heteroatoms. The molecule has 0 radical (unpaired) electrons. The Kier molecular flexibility index (Phi) is 3.05. The Labute approximate surface area is 112 Å². The Bertz CT molecular complexity index is 595. The fourth-order valence-corrected chi connectivity index (χ4v) is 2.49. The fraction of sp³-hybridized carbons (Fsp3) is 0.188. The topological polar surface area (TPSA) is 46.3 Å². The molecule has 0 spiro atoms. The lowest BCUT2D eigenvalue weighted by Gasteiger charge is -2.26. The van der Waals surface area contributed by atoms with Gasteiger partial charge < -0.3 is 10.6 Å². The predicted octanol–water partition coefficient (Wildman–Crippen LogP) is 2.28. The average Bonchev–Trinajstić information content (AvgIpc) is 2.58. The summed E-state index contributed by atoms with van der Waals surface area (Å²) in [4.78, 5) is 14.1. The molecule has 0 bridgehead atoms. The van der Waals surface area contributed by atoms with Crippen LogP contribution >= 0.6 is 0 Å². The second-order valence-electron chi connectivity index (χ2n) is 4.82.